The molecule has 0 heterocycles. The number of benzene rings is 2. The fourth-order valence-corrected chi connectivity index (χ4v) is 3.14. The molecular formula is C19H18F6. The van der Waals surface area contributed by atoms with Crippen molar-refractivity contribution < 1.29 is 26.3 Å². The first kappa shape index (κ1) is 19.3. The van der Waals surface area contributed by atoms with E-state index in [4.69, 9.17) is 0 Å². The van der Waals surface area contributed by atoms with E-state index in [0.717, 1.165) is 18.2 Å². The van der Waals surface area contributed by atoms with E-state index in [1.165, 1.54) is 36.4 Å². The molecule has 2 rings (SSSR count). The zero-order valence-electron chi connectivity index (χ0n) is 13.7. The zero-order chi connectivity index (χ0) is 18.9. The van der Waals surface area contributed by atoms with E-state index in [1.54, 1.807) is 13.8 Å². The van der Waals surface area contributed by atoms with Gasteiger partial charge in [-0.3, -0.25) is 0 Å². The second-order valence-corrected chi connectivity index (χ2v) is 6.37. The van der Waals surface area contributed by atoms with E-state index >= 15 is 0 Å². The predicted molar refractivity (Wildman–Crippen MR) is 84.3 cm³/mol. The zero-order valence-corrected chi connectivity index (χ0v) is 13.7. The topological polar surface area (TPSA) is 0 Å². The number of alkyl halides is 6. The van der Waals surface area contributed by atoms with Crippen LogP contribution >= 0.6 is 0 Å². The average Bonchev–Trinajstić information content (AvgIpc) is 2.47. The standard InChI is InChI=1S/C19H18F6/c1-13(2)12-14-8-6-7-11-16(14)17(18(20,21)22,19(23,24)25)15-9-4-3-5-10-15/h3-11,13H,12H2,1-2H3. The highest BCUT2D eigenvalue weighted by Gasteiger charge is 2.72. The highest BCUT2D eigenvalue weighted by atomic mass is 19.4. The van der Waals surface area contributed by atoms with Crippen molar-refractivity contribution in [1.29, 1.82) is 0 Å². The summed E-state index contributed by atoms with van der Waals surface area (Å²) in [4.78, 5) is 0. The van der Waals surface area contributed by atoms with E-state index in [1.807, 2.05) is 0 Å². The maximum Gasteiger partial charge on any atom is 0.411 e. The Morgan fingerprint density at radius 1 is 0.720 bits per heavy atom. The number of halogens is 6. The molecule has 2 aromatic rings. The van der Waals surface area contributed by atoms with Gasteiger partial charge in [0.05, 0.1) is 0 Å². The highest BCUT2D eigenvalue weighted by Crippen LogP contribution is 2.56. The van der Waals surface area contributed by atoms with Crippen molar-refractivity contribution in [3.63, 3.8) is 0 Å². The summed E-state index contributed by atoms with van der Waals surface area (Å²) in [5.41, 5.74) is -5.59. The summed E-state index contributed by atoms with van der Waals surface area (Å²) in [5.74, 6) is -0.0870. The predicted octanol–water partition coefficient (Wildman–Crippen LogP) is 6.30. The molecule has 0 saturated carbocycles. The van der Waals surface area contributed by atoms with Crippen molar-refractivity contribution >= 4 is 0 Å². The van der Waals surface area contributed by atoms with Crippen molar-refractivity contribution in [3.8, 4) is 0 Å². The van der Waals surface area contributed by atoms with Crippen LogP contribution in [0, 0.1) is 5.92 Å². The molecule has 0 aliphatic carbocycles. The summed E-state index contributed by atoms with van der Waals surface area (Å²) in [6.45, 7) is 3.50. The van der Waals surface area contributed by atoms with E-state index in [2.05, 4.69) is 0 Å². The molecule has 0 atom stereocenters. The molecule has 136 valence electrons. The molecule has 0 unspecified atom stereocenters. The third kappa shape index (κ3) is 3.39. The van der Waals surface area contributed by atoms with Gasteiger partial charge in [-0.2, -0.15) is 26.3 Å². The van der Waals surface area contributed by atoms with Crippen molar-refractivity contribution in [2.75, 3.05) is 0 Å². The van der Waals surface area contributed by atoms with Crippen LogP contribution in [0.2, 0.25) is 0 Å². The van der Waals surface area contributed by atoms with Gasteiger partial charge in [-0.15, -0.1) is 0 Å². The molecule has 0 spiro atoms. The second kappa shape index (κ2) is 6.73. The van der Waals surface area contributed by atoms with Crippen LogP contribution in [-0.4, -0.2) is 12.4 Å². The average molecular weight is 360 g/mol. The lowest BCUT2D eigenvalue weighted by molar-refractivity contribution is -0.288. The van der Waals surface area contributed by atoms with Gasteiger partial charge in [0.1, 0.15) is 0 Å². The van der Waals surface area contributed by atoms with E-state index in [0.29, 0.717) is 0 Å². The smallest absolute Gasteiger partial charge is 0.169 e. The van der Waals surface area contributed by atoms with Gasteiger partial charge in [-0.25, -0.2) is 0 Å². The minimum atomic E-state index is -5.54. The van der Waals surface area contributed by atoms with Gasteiger partial charge in [-0.05, 0) is 29.0 Å². The van der Waals surface area contributed by atoms with Crippen LogP contribution in [0.3, 0.4) is 0 Å². The quantitative estimate of drug-likeness (QED) is 0.562. The lowest BCUT2D eigenvalue weighted by Crippen LogP contribution is -2.55. The van der Waals surface area contributed by atoms with Crippen LogP contribution in [0.4, 0.5) is 26.3 Å². The minimum Gasteiger partial charge on any atom is -0.169 e. The van der Waals surface area contributed by atoms with Gasteiger partial charge >= 0.3 is 12.4 Å². The molecule has 25 heavy (non-hydrogen) atoms. The van der Waals surface area contributed by atoms with Gasteiger partial charge < -0.3 is 0 Å². The Hall–Kier alpha value is -1.98. The first-order valence-corrected chi connectivity index (χ1v) is 7.79. The van der Waals surface area contributed by atoms with E-state index in [-0.39, 0.29) is 17.9 Å². The fraction of sp³-hybridized carbons (Fsp3) is 0.368. The summed E-state index contributed by atoms with van der Waals surface area (Å²) in [6.07, 6.45) is -11.0. The Kier molecular flexibility index (Phi) is 5.21. The van der Waals surface area contributed by atoms with Crippen molar-refractivity contribution in [3.05, 3.63) is 71.3 Å². The number of hydrogen-bond donors (Lipinski definition) is 0. The summed E-state index contributed by atoms with van der Waals surface area (Å²) in [6, 6.07) is 10.5. The Morgan fingerprint density at radius 2 is 1.20 bits per heavy atom. The van der Waals surface area contributed by atoms with Crippen molar-refractivity contribution in [1.82, 2.24) is 0 Å². The molecule has 0 radical (unpaired) electrons. The van der Waals surface area contributed by atoms with Crippen LogP contribution in [0.1, 0.15) is 30.5 Å². The third-order valence-corrected chi connectivity index (χ3v) is 4.11. The fourth-order valence-electron chi connectivity index (χ4n) is 3.14. The van der Waals surface area contributed by atoms with Crippen molar-refractivity contribution in [2.24, 2.45) is 5.92 Å². The van der Waals surface area contributed by atoms with Crippen LogP contribution in [0.15, 0.2) is 54.6 Å². The maximum atomic E-state index is 14.0. The Balaban J connectivity index is 2.91. The summed E-state index contributed by atoms with van der Waals surface area (Å²) in [7, 11) is 0. The Morgan fingerprint density at radius 3 is 1.68 bits per heavy atom. The normalized spacial score (nSPS) is 13.3. The lowest BCUT2D eigenvalue weighted by atomic mass is 9.70. The largest absolute Gasteiger partial charge is 0.411 e. The van der Waals surface area contributed by atoms with Gasteiger partial charge in [-0.1, -0.05) is 68.4 Å². The first-order chi connectivity index (χ1) is 11.5. The molecule has 0 N–H and O–H groups in total. The molecule has 0 aromatic heterocycles. The number of rotatable bonds is 4. The molecule has 0 aliphatic rings. The van der Waals surface area contributed by atoms with Crippen LogP contribution in [0.25, 0.3) is 0 Å². The second-order valence-electron chi connectivity index (χ2n) is 6.37. The third-order valence-electron chi connectivity index (χ3n) is 4.11. The molecule has 0 nitrogen and oxygen atoms in total. The highest BCUT2D eigenvalue weighted by molar-refractivity contribution is 5.48. The Bertz CT molecular complexity index is 684. The van der Waals surface area contributed by atoms with E-state index < -0.39 is 28.9 Å². The molecule has 0 bridgehead atoms. The molecule has 0 amide bonds. The van der Waals surface area contributed by atoms with Gasteiger partial charge in [0, 0.05) is 0 Å². The summed E-state index contributed by atoms with van der Waals surface area (Å²) >= 11 is 0. The first-order valence-electron chi connectivity index (χ1n) is 7.79. The molecule has 2 aromatic carbocycles. The summed E-state index contributed by atoms with van der Waals surface area (Å²) < 4.78 is 84.2. The molecule has 0 aliphatic heterocycles. The van der Waals surface area contributed by atoms with Gasteiger partial charge in [0.2, 0.25) is 5.41 Å². The SMILES string of the molecule is CC(C)Cc1ccccc1C(c1ccccc1)(C(F)(F)F)C(F)(F)F. The minimum absolute atomic E-state index is 0.0519. The van der Waals surface area contributed by atoms with E-state index in [9.17, 15) is 26.3 Å². The van der Waals surface area contributed by atoms with Crippen LogP contribution in [-0.2, 0) is 11.8 Å². The molecule has 0 saturated heterocycles. The van der Waals surface area contributed by atoms with Gasteiger partial charge in [0.15, 0.2) is 0 Å². The monoisotopic (exact) mass is 360 g/mol. The molecular weight excluding hydrogens is 342 g/mol. The van der Waals surface area contributed by atoms with Crippen LogP contribution < -0.4 is 0 Å². The molecule has 0 fully saturated rings. The number of hydrogen-bond acceptors (Lipinski definition) is 0. The lowest BCUT2D eigenvalue weighted by Gasteiger charge is -2.39. The molecule has 6 heteroatoms. The summed E-state index contributed by atoms with van der Waals surface area (Å²) in [5, 5.41) is 0. The van der Waals surface area contributed by atoms with Crippen LogP contribution in [0.5, 0.6) is 0 Å². The van der Waals surface area contributed by atoms with Crippen molar-refractivity contribution in [2.45, 2.75) is 38.0 Å². The Labute approximate surface area is 142 Å². The maximum absolute atomic E-state index is 14.0. The van der Waals surface area contributed by atoms with Gasteiger partial charge in [0.25, 0.3) is 0 Å².